The molecule has 0 radical (unpaired) electrons. The number of nitrogens with one attached hydrogen (secondary N) is 1. The summed E-state index contributed by atoms with van der Waals surface area (Å²) in [5.41, 5.74) is 0.195. The van der Waals surface area contributed by atoms with Crippen LogP contribution in [0, 0.1) is 0 Å². The number of esters is 1. The van der Waals surface area contributed by atoms with Crippen LogP contribution in [0.1, 0.15) is 10.4 Å². The Morgan fingerprint density at radius 3 is 2.70 bits per heavy atom. The van der Waals surface area contributed by atoms with E-state index < -0.39 is 5.97 Å². The normalized spacial score (nSPS) is 10.4. The molecule has 0 saturated heterocycles. The maximum absolute atomic E-state index is 11.9. The number of benzene rings is 2. The van der Waals surface area contributed by atoms with Gasteiger partial charge in [-0.2, -0.15) is 5.10 Å². The summed E-state index contributed by atoms with van der Waals surface area (Å²) in [5, 5.41) is 7.18. The summed E-state index contributed by atoms with van der Waals surface area (Å²) < 4.78 is 5.27. The molecule has 0 aliphatic carbocycles. The molecule has 0 saturated carbocycles. The first kappa shape index (κ1) is 12.1. The number of nitrogens with zero attached hydrogens (tertiary/aromatic N) is 1. The molecule has 1 heterocycles. The molecular weight excluding hydrogens is 256 g/mol. The molecule has 0 aliphatic heterocycles. The molecule has 3 rings (SSSR count). The number of carbonyl (C=O) groups excluding carboxylic acids is 1. The van der Waals surface area contributed by atoms with Crippen LogP contribution in [0.2, 0.25) is 0 Å². The lowest BCUT2D eigenvalue weighted by molar-refractivity contribution is 0.0735. The van der Waals surface area contributed by atoms with Crippen molar-refractivity contribution in [2.24, 2.45) is 0 Å². The minimum Gasteiger partial charge on any atom is -0.423 e. The van der Waals surface area contributed by atoms with Gasteiger partial charge in [-0.05, 0) is 30.3 Å². The predicted molar refractivity (Wildman–Crippen MR) is 73.8 cm³/mol. The van der Waals surface area contributed by atoms with Gasteiger partial charge in [0.2, 0.25) is 0 Å². The van der Waals surface area contributed by atoms with Crippen molar-refractivity contribution in [1.82, 2.24) is 10.2 Å². The second-order valence-corrected chi connectivity index (χ2v) is 4.20. The first-order valence-electron chi connectivity index (χ1n) is 5.99. The van der Waals surface area contributed by atoms with E-state index in [1.54, 1.807) is 42.5 Å². The lowest BCUT2D eigenvalue weighted by Gasteiger charge is -2.05. The second-order valence-electron chi connectivity index (χ2n) is 4.20. The van der Waals surface area contributed by atoms with Crippen LogP contribution in [0.15, 0.2) is 59.5 Å². The Bertz CT molecular complexity index is 825. The summed E-state index contributed by atoms with van der Waals surface area (Å²) in [5.74, 6) is -0.0681. The Hall–Kier alpha value is -2.95. The van der Waals surface area contributed by atoms with Gasteiger partial charge in [0.1, 0.15) is 5.75 Å². The molecule has 0 spiro atoms. The van der Waals surface area contributed by atoms with Crippen molar-refractivity contribution >= 4 is 16.7 Å². The smallest absolute Gasteiger partial charge is 0.343 e. The number of hydrogen-bond donors (Lipinski definition) is 1. The zero-order chi connectivity index (χ0) is 13.9. The number of aromatic nitrogens is 2. The monoisotopic (exact) mass is 266 g/mol. The molecule has 0 atom stereocenters. The van der Waals surface area contributed by atoms with E-state index in [0.29, 0.717) is 22.1 Å². The Kier molecular flexibility index (Phi) is 3.01. The standard InChI is InChI=1S/C15H10N2O3/c18-14-13-7-6-12(8-11(13)9-16-17-14)20-15(19)10-4-2-1-3-5-10/h1-9H,(H,17,18). The quantitative estimate of drug-likeness (QED) is 0.569. The number of hydrogen-bond acceptors (Lipinski definition) is 4. The average Bonchev–Trinajstić information content (AvgIpc) is 2.48. The minimum atomic E-state index is -0.442. The average molecular weight is 266 g/mol. The lowest BCUT2D eigenvalue weighted by Crippen LogP contribution is -2.09. The van der Waals surface area contributed by atoms with Gasteiger partial charge in [0.15, 0.2) is 0 Å². The molecule has 0 unspecified atom stereocenters. The molecule has 1 aromatic heterocycles. The molecule has 5 nitrogen and oxygen atoms in total. The van der Waals surface area contributed by atoms with E-state index in [9.17, 15) is 9.59 Å². The number of carbonyl (C=O) groups is 1. The van der Waals surface area contributed by atoms with E-state index in [4.69, 9.17) is 4.74 Å². The third-order valence-corrected chi connectivity index (χ3v) is 2.86. The van der Waals surface area contributed by atoms with E-state index in [2.05, 4.69) is 10.2 Å². The second kappa shape index (κ2) is 4.97. The molecule has 1 N–H and O–H groups in total. The Balaban J connectivity index is 1.92. The summed E-state index contributed by atoms with van der Waals surface area (Å²) >= 11 is 0. The summed E-state index contributed by atoms with van der Waals surface area (Å²) in [6, 6.07) is 13.5. The highest BCUT2D eigenvalue weighted by Gasteiger charge is 2.08. The van der Waals surface area contributed by atoms with Crippen molar-refractivity contribution in [2.45, 2.75) is 0 Å². The van der Waals surface area contributed by atoms with Crippen molar-refractivity contribution in [1.29, 1.82) is 0 Å². The summed E-state index contributed by atoms with van der Waals surface area (Å²) in [4.78, 5) is 23.4. The van der Waals surface area contributed by atoms with Gasteiger partial charge in [-0.3, -0.25) is 4.79 Å². The van der Waals surface area contributed by atoms with Crippen LogP contribution in [0.4, 0.5) is 0 Å². The third kappa shape index (κ3) is 2.29. The zero-order valence-electron chi connectivity index (χ0n) is 10.4. The maximum Gasteiger partial charge on any atom is 0.343 e. The fraction of sp³-hybridized carbons (Fsp3) is 0. The molecule has 20 heavy (non-hydrogen) atoms. The molecule has 98 valence electrons. The first-order chi connectivity index (χ1) is 9.74. The topological polar surface area (TPSA) is 72.1 Å². The highest BCUT2D eigenvalue weighted by atomic mass is 16.5. The molecule has 0 fully saturated rings. The van der Waals surface area contributed by atoms with Crippen LogP contribution in [-0.2, 0) is 0 Å². The van der Waals surface area contributed by atoms with Gasteiger partial charge in [0.05, 0.1) is 17.1 Å². The SMILES string of the molecule is O=C(Oc1ccc2c(=O)[nH]ncc2c1)c1ccccc1. The van der Waals surface area contributed by atoms with E-state index in [1.165, 1.54) is 6.20 Å². The first-order valence-corrected chi connectivity index (χ1v) is 5.99. The molecule has 0 aliphatic rings. The van der Waals surface area contributed by atoms with Crippen molar-refractivity contribution < 1.29 is 9.53 Å². The number of fused-ring (bicyclic) bond motifs is 1. The fourth-order valence-corrected chi connectivity index (χ4v) is 1.88. The highest BCUT2D eigenvalue weighted by molar-refractivity contribution is 5.91. The molecular formula is C15H10N2O3. The Morgan fingerprint density at radius 1 is 1.10 bits per heavy atom. The zero-order valence-corrected chi connectivity index (χ0v) is 10.4. The molecule has 0 bridgehead atoms. The van der Waals surface area contributed by atoms with Gasteiger partial charge in [0.25, 0.3) is 5.56 Å². The van der Waals surface area contributed by atoms with Gasteiger partial charge < -0.3 is 4.74 Å². The van der Waals surface area contributed by atoms with Crippen LogP contribution in [-0.4, -0.2) is 16.2 Å². The van der Waals surface area contributed by atoms with E-state index in [1.807, 2.05) is 6.07 Å². The lowest BCUT2D eigenvalue weighted by atomic mass is 10.2. The maximum atomic E-state index is 11.9. The van der Waals surface area contributed by atoms with Gasteiger partial charge in [-0.25, -0.2) is 9.89 Å². The van der Waals surface area contributed by atoms with Gasteiger partial charge in [0, 0.05) is 5.39 Å². The summed E-state index contributed by atoms with van der Waals surface area (Å²) in [7, 11) is 0. The van der Waals surface area contributed by atoms with Gasteiger partial charge in [-0.1, -0.05) is 18.2 Å². The van der Waals surface area contributed by atoms with E-state index in [-0.39, 0.29) is 5.56 Å². The number of aromatic amines is 1. The molecule has 0 amide bonds. The molecule has 3 aromatic rings. The number of H-pyrrole nitrogens is 1. The van der Waals surface area contributed by atoms with Crippen molar-refractivity contribution in [3.05, 3.63) is 70.6 Å². The van der Waals surface area contributed by atoms with E-state index in [0.717, 1.165) is 0 Å². The van der Waals surface area contributed by atoms with Crippen LogP contribution in [0.5, 0.6) is 5.75 Å². The molecule has 2 aromatic carbocycles. The summed E-state index contributed by atoms with van der Waals surface area (Å²) in [6.45, 7) is 0. The van der Waals surface area contributed by atoms with E-state index >= 15 is 0 Å². The number of ether oxygens (including phenoxy) is 1. The van der Waals surface area contributed by atoms with Crippen molar-refractivity contribution in [3.8, 4) is 5.75 Å². The van der Waals surface area contributed by atoms with Crippen molar-refractivity contribution in [2.75, 3.05) is 0 Å². The highest BCUT2D eigenvalue weighted by Crippen LogP contribution is 2.18. The van der Waals surface area contributed by atoms with Gasteiger partial charge >= 0.3 is 5.97 Å². The van der Waals surface area contributed by atoms with Crippen molar-refractivity contribution in [3.63, 3.8) is 0 Å². The molecule has 5 heteroatoms. The van der Waals surface area contributed by atoms with Crippen LogP contribution in [0.3, 0.4) is 0 Å². The minimum absolute atomic E-state index is 0.275. The van der Waals surface area contributed by atoms with Gasteiger partial charge in [-0.15, -0.1) is 0 Å². The third-order valence-electron chi connectivity index (χ3n) is 2.86. The summed E-state index contributed by atoms with van der Waals surface area (Å²) in [6.07, 6.45) is 1.51. The number of rotatable bonds is 2. The fourth-order valence-electron chi connectivity index (χ4n) is 1.88. The van der Waals surface area contributed by atoms with Crippen LogP contribution in [0.25, 0.3) is 10.8 Å². The largest absolute Gasteiger partial charge is 0.423 e. The van der Waals surface area contributed by atoms with Crippen LogP contribution >= 0.6 is 0 Å². The Morgan fingerprint density at radius 2 is 1.90 bits per heavy atom. The predicted octanol–water partition coefficient (Wildman–Crippen LogP) is 2.14. The van der Waals surface area contributed by atoms with Crippen LogP contribution < -0.4 is 10.3 Å². The Labute approximate surface area is 113 Å².